The smallest absolute Gasteiger partial charge is 0.320 e. The van der Waals surface area contributed by atoms with Crippen molar-refractivity contribution in [3.63, 3.8) is 0 Å². The molecule has 0 unspecified atom stereocenters. The van der Waals surface area contributed by atoms with E-state index in [0.717, 1.165) is 0 Å². The molecule has 4 heteroatoms. The fourth-order valence-corrected chi connectivity index (χ4v) is 0.470. The molecule has 0 spiro atoms. The molecule has 0 aromatic rings. The summed E-state index contributed by atoms with van der Waals surface area (Å²) in [7, 11) is 0. The van der Waals surface area contributed by atoms with Gasteiger partial charge in [0.1, 0.15) is 6.04 Å². The third kappa shape index (κ3) is 6.12. The number of hydrogen-bond donors (Lipinski definition) is 2. The number of hydrogen-bond acceptors (Lipinski definition) is 3. The Morgan fingerprint density at radius 2 is 2.08 bits per heavy atom. The zero-order valence-electron chi connectivity index (χ0n) is 8.05. The minimum absolute atomic E-state index is 0.231. The minimum atomic E-state index is -0.868. The van der Waals surface area contributed by atoms with Gasteiger partial charge in [-0.1, -0.05) is 0 Å². The fourth-order valence-electron chi connectivity index (χ4n) is 0.470. The molecule has 2 N–H and O–H groups in total. The van der Waals surface area contributed by atoms with Crippen LogP contribution in [-0.4, -0.2) is 29.4 Å². The van der Waals surface area contributed by atoms with Gasteiger partial charge >= 0.3 is 5.97 Å². The summed E-state index contributed by atoms with van der Waals surface area (Å²) in [5.74, 6) is -0.868. The predicted molar refractivity (Wildman–Crippen MR) is 45.9 cm³/mol. The maximum atomic E-state index is 10.3. The summed E-state index contributed by atoms with van der Waals surface area (Å²) in [4.78, 5) is 10.3. The number of aliphatic carboxylic acids is 1. The third-order valence-corrected chi connectivity index (χ3v) is 1.27. The van der Waals surface area contributed by atoms with Crippen molar-refractivity contribution in [3.8, 4) is 0 Å². The SMILES string of the molecule is C[C@H](NCOC(C)(C)C)C(=O)O. The van der Waals surface area contributed by atoms with E-state index in [2.05, 4.69) is 5.32 Å². The molecule has 0 saturated carbocycles. The zero-order valence-corrected chi connectivity index (χ0v) is 8.05. The Balaban J connectivity index is 3.51. The van der Waals surface area contributed by atoms with Crippen LogP contribution in [0.15, 0.2) is 0 Å². The van der Waals surface area contributed by atoms with Crippen LogP contribution in [0.3, 0.4) is 0 Å². The molecule has 0 rings (SSSR count). The molecular formula is C8H17NO3. The Morgan fingerprint density at radius 1 is 1.58 bits per heavy atom. The van der Waals surface area contributed by atoms with Crippen molar-refractivity contribution in [3.05, 3.63) is 0 Å². The van der Waals surface area contributed by atoms with Crippen molar-refractivity contribution in [1.82, 2.24) is 5.32 Å². The molecule has 0 aromatic heterocycles. The van der Waals surface area contributed by atoms with Crippen LogP contribution in [0.1, 0.15) is 27.7 Å². The molecule has 0 saturated heterocycles. The van der Waals surface area contributed by atoms with Crippen LogP contribution in [0.2, 0.25) is 0 Å². The number of carboxylic acids is 1. The minimum Gasteiger partial charge on any atom is -0.480 e. The summed E-state index contributed by atoms with van der Waals surface area (Å²) in [6.45, 7) is 7.59. The van der Waals surface area contributed by atoms with Crippen molar-refractivity contribution in [2.24, 2.45) is 0 Å². The first-order valence-corrected chi connectivity index (χ1v) is 3.93. The van der Waals surface area contributed by atoms with Gasteiger partial charge in [-0.15, -0.1) is 0 Å². The predicted octanol–water partition coefficient (Wildman–Crippen LogP) is 0.822. The molecule has 0 radical (unpaired) electrons. The Labute approximate surface area is 72.9 Å². The summed E-state index contributed by atoms with van der Waals surface area (Å²) in [6, 6.07) is -0.563. The lowest BCUT2D eigenvalue weighted by Gasteiger charge is -2.20. The summed E-state index contributed by atoms with van der Waals surface area (Å²) in [5.41, 5.74) is -0.231. The van der Waals surface area contributed by atoms with Gasteiger partial charge in [0.15, 0.2) is 0 Å². The van der Waals surface area contributed by atoms with Gasteiger partial charge in [-0.05, 0) is 27.7 Å². The molecular weight excluding hydrogens is 158 g/mol. The molecule has 0 aliphatic rings. The van der Waals surface area contributed by atoms with E-state index in [0.29, 0.717) is 0 Å². The molecule has 0 amide bonds. The van der Waals surface area contributed by atoms with Gasteiger partial charge in [-0.25, -0.2) is 0 Å². The van der Waals surface area contributed by atoms with E-state index >= 15 is 0 Å². The first kappa shape index (κ1) is 11.4. The second kappa shape index (κ2) is 4.42. The second-order valence-electron chi connectivity index (χ2n) is 3.67. The monoisotopic (exact) mass is 175 g/mol. The molecule has 0 aliphatic heterocycles. The van der Waals surface area contributed by atoms with Gasteiger partial charge in [0.2, 0.25) is 0 Å². The number of ether oxygens (including phenoxy) is 1. The Hall–Kier alpha value is -0.610. The van der Waals surface area contributed by atoms with Crippen molar-refractivity contribution < 1.29 is 14.6 Å². The summed E-state index contributed by atoms with van der Waals surface area (Å²) < 4.78 is 5.28. The molecule has 1 atom stereocenters. The zero-order chi connectivity index (χ0) is 9.78. The topological polar surface area (TPSA) is 58.6 Å². The number of rotatable bonds is 4. The lowest BCUT2D eigenvalue weighted by molar-refractivity contribution is -0.140. The van der Waals surface area contributed by atoms with Gasteiger partial charge in [0.05, 0.1) is 12.3 Å². The van der Waals surface area contributed by atoms with Gasteiger partial charge in [0, 0.05) is 0 Å². The highest BCUT2D eigenvalue weighted by Gasteiger charge is 2.13. The Kier molecular flexibility index (Phi) is 4.20. The van der Waals surface area contributed by atoms with Gasteiger partial charge in [-0.2, -0.15) is 0 Å². The quantitative estimate of drug-likeness (QED) is 0.621. The van der Waals surface area contributed by atoms with Gasteiger partial charge in [-0.3, -0.25) is 10.1 Å². The van der Waals surface area contributed by atoms with Crippen LogP contribution in [0, 0.1) is 0 Å². The second-order valence-corrected chi connectivity index (χ2v) is 3.67. The van der Waals surface area contributed by atoms with E-state index < -0.39 is 12.0 Å². The number of nitrogens with one attached hydrogen (secondary N) is 1. The molecule has 0 heterocycles. The van der Waals surface area contributed by atoms with Crippen LogP contribution in [-0.2, 0) is 9.53 Å². The maximum absolute atomic E-state index is 10.3. The van der Waals surface area contributed by atoms with Crippen molar-refractivity contribution >= 4 is 5.97 Å². The van der Waals surface area contributed by atoms with Crippen molar-refractivity contribution in [2.75, 3.05) is 6.73 Å². The average Bonchev–Trinajstić information content (AvgIpc) is 1.84. The molecule has 12 heavy (non-hydrogen) atoms. The first-order valence-electron chi connectivity index (χ1n) is 3.93. The Morgan fingerprint density at radius 3 is 2.42 bits per heavy atom. The largest absolute Gasteiger partial charge is 0.480 e. The van der Waals surface area contributed by atoms with E-state index in [1.165, 1.54) is 0 Å². The third-order valence-electron chi connectivity index (χ3n) is 1.27. The highest BCUT2D eigenvalue weighted by molar-refractivity contribution is 5.72. The van der Waals surface area contributed by atoms with E-state index in [9.17, 15) is 4.79 Å². The van der Waals surface area contributed by atoms with E-state index in [1.807, 2.05) is 20.8 Å². The molecule has 0 fully saturated rings. The van der Waals surface area contributed by atoms with Gasteiger partial charge in [0.25, 0.3) is 0 Å². The number of carboxylic acid groups (broad SMARTS) is 1. The Bertz CT molecular complexity index is 151. The summed E-state index contributed by atoms with van der Waals surface area (Å²) in [5, 5.41) is 11.2. The first-order chi connectivity index (χ1) is 5.33. The van der Waals surface area contributed by atoms with E-state index in [4.69, 9.17) is 9.84 Å². The molecule has 0 aliphatic carbocycles. The standard InChI is InChI=1S/C8H17NO3/c1-6(7(10)11)9-5-12-8(2,3)4/h6,9H,5H2,1-4H3,(H,10,11)/t6-/m0/s1. The highest BCUT2D eigenvalue weighted by atomic mass is 16.5. The van der Waals surface area contributed by atoms with Crippen molar-refractivity contribution in [1.29, 1.82) is 0 Å². The van der Waals surface area contributed by atoms with E-state index in [1.54, 1.807) is 6.92 Å². The maximum Gasteiger partial charge on any atom is 0.320 e. The molecule has 0 aromatic carbocycles. The molecule has 0 bridgehead atoms. The van der Waals surface area contributed by atoms with Crippen LogP contribution in [0.4, 0.5) is 0 Å². The molecule has 4 nitrogen and oxygen atoms in total. The summed E-state index contributed by atoms with van der Waals surface area (Å²) in [6.07, 6.45) is 0. The fraction of sp³-hybridized carbons (Fsp3) is 0.875. The number of carbonyl (C=O) groups is 1. The van der Waals surface area contributed by atoms with Crippen LogP contribution < -0.4 is 5.32 Å². The van der Waals surface area contributed by atoms with E-state index in [-0.39, 0.29) is 12.3 Å². The summed E-state index contributed by atoms with van der Waals surface area (Å²) >= 11 is 0. The van der Waals surface area contributed by atoms with Crippen LogP contribution in [0.25, 0.3) is 0 Å². The molecule has 72 valence electrons. The van der Waals surface area contributed by atoms with Gasteiger partial charge < -0.3 is 9.84 Å². The lowest BCUT2D eigenvalue weighted by atomic mass is 10.2. The highest BCUT2D eigenvalue weighted by Crippen LogP contribution is 2.04. The van der Waals surface area contributed by atoms with Crippen molar-refractivity contribution in [2.45, 2.75) is 39.3 Å². The normalized spacial score (nSPS) is 14.3. The average molecular weight is 175 g/mol. The van der Waals surface area contributed by atoms with Crippen LogP contribution >= 0.6 is 0 Å². The van der Waals surface area contributed by atoms with Crippen LogP contribution in [0.5, 0.6) is 0 Å². The lowest BCUT2D eigenvalue weighted by Crippen LogP contribution is -2.37.